The molecule has 2 heterocycles. The first-order valence-electron chi connectivity index (χ1n) is 10.1. The molecular weight excluding hydrogens is 399 g/mol. The first-order valence-corrected chi connectivity index (χ1v) is 10.1. The largest absolute Gasteiger partial charge is 0.465 e. The number of hydrogen-bond donors (Lipinski definition) is 0. The molecule has 0 bridgehead atoms. The summed E-state index contributed by atoms with van der Waals surface area (Å²) in [4.78, 5) is 27.3. The highest BCUT2D eigenvalue weighted by molar-refractivity contribution is 6.16. The second-order valence-electron chi connectivity index (χ2n) is 7.45. The highest BCUT2D eigenvalue weighted by Crippen LogP contribution is 2.33. The fourth-order valence-electron chi connectivity index (χ4n) is 3.94. The molecule has 1 aliphatic rings. The Morgan fingerprint density at radius 3 is 2.42 bits per heavy atom. The van der Waals surface area contributed by atoms with Gasteiger partial charge in [0.15, 0.2) is 0 Å². The summed E-state index contributed by atoms with van der Waals surface area (Å²) in [7, 11) is 2.91. The molecule has 0 atom stereocenters. The van der Waals surface area contributed by atoms with Crippen molar-refractivity contribution in [2.75, 3.05) is 27.4 Å². The van der Waals surface area contributed by atoms with Crippen molar-refractivity contribution < 1.29 is 23.5 Å². The Balaban J connectivity index is 2.05. The van der Waals surface area contributed by atoms with Crippen LogP contribution in [0.15, 0.2) is 47.2 Å². The van der Waals surface area contributed by atoms with Crippen molar-refractivity contribution in [2.45, 2.75) is 27.2 Å². The molecule has 2 aromatic rings. The number of ether oxygens (including phenoxy) is 2. The second kappa shape index (κ2) is 9.31. The third-order valence-electron chi connectivity index (χ3n) is 5.49. The maximum Gasteiger partial charge on any atom is 0.340 e. The van der Waals surface area contributed by atoms with Crippen LogP contribution in [0.1, 0.15) is 30.3 Å². The van der Waals surface area contributed by atoms with Gasteiger partial charge in [-0.05, 0) is 69.2 Å². The van der Waals surface area contributed by atoms with Gasteiger partial charge in [-0.2, -0.15) is 0 Å². The molecule has 1 aliphatic heterocycles. The van der Waals surface area contributed by atoms with E-state index < -0.39 is 5.97 Å². The molecule has 3 rings (SSSR count). The van der Waals surface area contributed by atoms with Crippen LogP contribution in [0.5, 0.6) is 0 Å². The Hall–Kier alpha value is -3.19. The maximum atomic E-state index is 13.3. The fraction of sp³-hybridized carbons (Fsp3) is 0.333. The predicted octanol–water partition coefficient (Wildman–Crippen LogP) is 3.94. The van der Waals surface area contributed by atoms with E-state index in [0.29, 0.717) is 30.8 Å². The van der Waals surface area contributed by atoms with Crippen LogP contribution < -0.4 is 0 Å². The number of hydrogen-bond acceptors (Lipinski definition) is 4. The minimum atomic E-state index is -0.543. The van der Waals surface area contributed by atoms with Crippen molar-refractivity contribution in [1.29, 1.82) is 0 Å². The summed E-state index contributed by atoms with van der Waals surface area (Å²) in [6.07, 6.45) is 2.39. The van der Waals surface area contributed by atoms with E-state index in [0.717, 1.165) is 22.6 Å². The number of rotatable bonds is 7. The molecule has 0 saturated heterocycles. The van der Waals surface area contributed by atoms with Crippen LogP contribution in [0.4, 0.5) is 4.39 Å². The monoisotopic (exact) mass is 426 g/mol. The summed E-state index contributed by atoms with van der Waals surface area (Å²) >= 11 is 0. The minimum absolute atomic E-state index is 0.236. The summed E-state index contributed by atoms with van der Waals surface area (Å²) in [5.74, 6) is -1.08. The normalized spacial score (nSPS) is 15.4. The molecule has 0 unspecified atom stereocenters. The quantitative estimate of drug-likeness (QED) is 0.382. The molecule has 0 radical (unpaired) electrons. The molecule has 1 aromatic carbocycles. The molecule has 164 valence electrons. The van der Waals surface area contributed by atoms with Crippen LogP contribution in [0.2, 0.25) is 0 Å². The van der Waals surface area contributed by atoms with E-state index in [9.17, 15) is 14.0 Å². The van der Waals surface area contributed by atoms with Crippen LogP contribution in [-0.2, 0) is 19.1 Å². The standard InChI is InChI=1S/C24H27FN2O4/c1-15-13-18(16(2)27(15)20-9-7-19(25)8-10-20)14-21-22(24(29)31-5)17(3)26(23(21)28)11-6-12-30-4/h7-10,13-14H,6,11-12H2,1-5H3. The lowest BCUT2D eigenvalue weighted by Crippen LogP contribution is -2.26. The lowest BCUT2D eigenvalue weighted by atomic mass is 10.0. The van der Waals surface area contributed by atoms with Crippen LogP contribution in [-0.4, -0.2) is 48.7 Å². The number of aryl methyl sites for hydroxylation is 1. The number of halogens is 1. The van der Waals surface area contributed by atoms with Crippen molar-refractivity contribution in [2.24, 2.45) is 0 Å². The number of allylic oxidation sites excluding steroid dienone is 1. The molecule has 0 spiro atoms. The summed E-state index contributed by atoms with van der Waals surface area (Å²) < 4.78 is 25.4. The summed E-state index contributed by atoms with van der Waals surface area (Å²) in [5.41, 5.74) is 4.59. The van der Waals surface area contributed by atoms with E-state index >= 15 is 0 Å². The second-order valence-corrected chi connectivity index (χ2v) is 7.45. The summed E-state index contributed by atoms with van der Waals surface area (Å²) in [6, 6.07) is 8.16. The number of methoxy groups -OCH3 is 2. The molecule has 6 nitrogen and oxygen atoms in total. The van der Waals surface area contributed by atoms with Crippen molar-refractivity contribution in [1.82, 2.24) is 9.47 Å². The zero-order valence-electron chi connectivity index (χ0n) is 18.5. The first-order chi connectivity index (χ1) is 14.8. The SMILES string of the molecule is COCCCN1C(=O)C(=Cc2cc(C)n(-c3ccc(F)cc3)c2C)C(C(=O)OC)=C1C. The maximum absolute atomic E-state index is 13.3. The molecular formula is C24H27FN2O4. The van der Waals surface area contributed by atoms with Gasteiger partial charge < -0.3 is 18.9 Å². The number of amides is 1. The smallest absolute Gasteiger partial charge is 0.340 e. The minimum Gasteiger partial charge on any atom is -0.465 e. The lowest BCUT2D eigenvalue weighted by Gasteiger charge is -2.17. The molecule has 0 N–H and O–H groups in total. The van der Waals surface area contributed by atoms with Gasteiger partial charge in [0.25, 0.3) is 5.91 Å². The van der Waals surface area contributed by atoms with Crippen molar-refractivity contribution in [3.05, 3.63) is 69.9 Å². The molecule has 1 aromatic heterocycles. The van der Waals surface area contributed by atoms with Crippen molar-refractivity contribution in [3.8, 4) is 5.69 Å². The fourth-order valence-corrected chi connectivity index (χ4v) is 3.94. The van der Waals surface area contributed by atoms with Crippen LogP contribution >= 0.6 is 0 Å². The van der Waals surface area contributed by atoms with Gasteiger partial charge in [0, 0.05) is 43.0 Å². The van der Waals surface area contributed by atoms with E-state index in [1.54, 1.807) is 37.1 Å². The summed E-state index contributed by atoms with van der Waals surface area (Å²) in [5, 5.41) is 0. The lowest BCUT2D eigenvalue weighted by molar-refractivity contribution is -0.136. The van der Waals surface area contributed by atoms with Gasteiger partial charge in [-0.15, -0.1) is 0 Å². The Bertz CT molecular complexity index is 1060. The molecule has 1 amide bonds. The van der Waals surface area contributed by atoms with E-state index in [1.807, 2.05) is 24.5 Å². The number of nitrogens with zero attached hydrogens (tertiary/aromatic N) is 2. The third kappa shape index (κ3) is 4.32. The average Bonchev–Trinajstić information content (AvgIpc) is 3.15. The van der Waals surface area contributed by atoms with Crippen molar-refractivity contribution in [3.63, 3.8) is 0 Å². The Morgan fingerprint density at radius 1 is 1.13 bits per heavy atom. The van der Waals surface area contributed by atoms with Gasteiger partial charge in [-0.1, -0.05) is 0 Å². The van der Waals surface area contributed by atoms with E-state index in [2.05, 4.69) is 0 Å². The van der Waals surface area contributed by atoms with Crippen LogP contribution in [0.25, 0.3) is 11.8 Å². The number of carbonyl (C=O) groups is 2. The van der Waals surface area contributed by atoms with Crippen LogP contribution in [0.3, 0.4) is 0 Å². The predicted molar refractivity (Wildman–Crippen MR) is 116 cm³/mol. The number of esters is 1. The molecule has 0 saturated carbocycles. The van der Waals surface area contributed by atoms with Gasteiger partial charge in [0.2, 0.25) is 0 Å². The highest BCUT2D eigenvalue weighted by atomic mass is 19.1. The van der Waals surface area contributed by atoms with E-state index in [1.165, 1.54) is 19.2 Å². The molecule has 31 heavy (non-hydrogen) atoms. The van der Waals surface area contributed by atoms with Gasteiger partial charge in [-0.3, -0.25) is 4.79 Å². The molecule has 0 aliphatic carbocycles. The van der Waals surface area contributed by atoms with E-state index in [-0.39, 0.29) is 17.3 Å². The zero-order chi connectivity index (χ0) is 22.7. The molecule has 7 heteroatoms. The van der Waals surface area contributed by atoms with Gasteiger partial charge >= 0.3 is 5.97 Å². The topological polar surface area (TPSA) is 60.8 Å². The Morgan fingerprint density at radius 2 is 1.81 bits per heavy atom. The van der Waals surface area contributed by atoms with Crippen molar-refractivity contribution >= 4 is 18.0 Å². The zero-order valence-corrected chi connectivity index (χ0v) is 18.5. The average molecular weight is 426 g/mol. The highest BCUT2D eigenvalue weighted by Gasteiger charge is 2.36. The van der Waals surface area contributed by atoms with Gasteiger partial charge in [0.1, 0.15) is 5.82 Å². The van der Waals surface area contributed by atoms with E-state index in [4.69, 9.17) is 9.47 Å². The Labute approximate surface area is 181 Å². The molecule has 0 fully saturated rings. The van der Waals surface area contributed by atoms with Gasteiger partial charge in [-0.25, -0.2) is 9.18 Å². The number of benzene rings is 1. The van der Waals surface area contributed by atoms with Gasteiger partial charge in [0.05, 0.1) is 18.3 Å². The summed E-state index contributed by atoms with van der Waals surface area (Å²) in [6.45, 7) is 6.58. The first kappa shape index (κ1) is 22.5. The third-order valence-corrected chi connectivity index (χ3v) is 5.49. The van der Waals surface area contributed by atoms with Crippen LogP contribution in [0, 0.1) is 19.7 Å². The number of aromatic nitrogens is 1. The number of carbonyl (C=O) groups excluding carboxylic acids is 2. The Kier molecular flexibility index (Phi) is 6.75.